The Kier molecular flexibility index (Phi) is 3.79. The summed E-state index contributed by atoms with van der Waals surface area (Å²) in [5, 5.41) is 30.9. The van der Waals surface area contributed by atoms with Gasteiger partial charge in [0.1, 0.15) is 12.3 Å². The van der Waals surface area contributed by atoms with Crippen LogP contribution in [-0.4, -0.2) is 50.9 Å². The highest BCUT2D eigenvalue weighted by atomic mass is 19.1. The molecule has 7 atom stereocenters. The fraction of sp³-hybridized carbons (Fsp3) is 0.619. The highest BCUT2D eigenvalue weighted by molar-refractivity contribution is 6.01. The molecule has 0 spiro atoms. The summed E-state index contributed by atoms with van der Waals surface area (Å²) in [7, 11) is 0. The first kappa shape index (κ1) is 18.7. The monoisotopic (exact) mass is 376 g/mol. The van der Waals surface area contributed by atoms with Gasteiger partial charge in [-0.2, -0.15) is 0 Å². The molecule has 0 aromatic rings. The lowest BCUT2D eigenvalue weighted by Crippen LogP contribution is -2.62. The molecular weight excluding hydrogens is 351 g/mol. The first-order chi connectivity index (χ1) is 12.5. The highest BCUT2D eigenvalue weighted by Crippen LogP contribution is 2.67. The first-order valence-electron chi connectivity index (χ1n) is 9.43. The number of halogens is 1. The molecule has 4 aliphatic rings. The molecule has 5 nitrogen and oxygen atoms in total. The Morgan fingerprint density at radius 3 is 2.63 bits per heavy atom. The van der Waals surface area contributed by atoms with Crippen molar-refractivity contribution in [2.24, 2.45) is 22.7 Å². The van der Waals surface area contributed by atoms with Gasteiger partial charge in [0.2, 0.25) is 0 Å². The summed E-state index contributed by atoms with van der Waals surface area (Å²) in [5.74, 6) is -1.98. The second kappa shape index (κ2) is 5.46. The maximum atomic E-state index is 16.5. The van der Waals surface area contributed by atoms with E-state index in [0.29, 0.717) is 12.8 Å². The molecule has 0 bridgehead atoms. The molecular formula is C21H25FO5. The van der Waals surface area contributed by atoms with Crippen LogP contribution < -0.4 is 0 Å². The minimum atomic E-state index is -2.14. The molecule has 6 heteroatoms. The Labute approximate surface area is 157 Å². The van der Waals surface area contributed by atoms with E-state index in [1.807, 2.05) is 0 Å². The van der Waals surface area contributed by atoms with Gasteiger partial charge < -0.3 is 15.3 Å². The lowest BCUT2D eigenvalue weighted by molar-refractivity contribution is -0.166. The number of aliphatic hydroxyl groups excluding tert-OH is 2. The molecule has 0 heterocycles. The van der Waals surface area contributed by atoms with Crippen LogP contribution in [0.3, 0.4) is 0 Å². The predicted molar refractivity (Wildman–Crippen MR) is 95.3 cm³/mol. The number of ketones is 2. The maximum absolute atomic E-state index is 16.5. The molecule has 0 aromatic carbocycles. The van der Waals surface area contributed by atoms with Crippen LogP contribution in [0.4, 0.5) is 4.39 Å². The number of carbonyl (C=O) groups excluding carboxylic acids is 2. The Morgan fingerprint density at radius 1 is 1.26 bits per heavy atom. The number of hydrogen-bond acceptors (Lipinski definition) is 5. The summed E-state index contributed by atoms with van der Waals surface area (Å²) in [6, 6.07) is 0. The van der Waals surface area contributed by atoms with Crippen molar-refractivity contribution in [1.82, 2.24) is 0 Å². The van der Waals surface area contributed by atoms with Crippen molar-refractivity contribution in [3.63, 3.8) is 0 Å². The zero-order valence-corrected chi connectivity index (χ0v) is 15.5. The van der Waals surface area contributed by atoms with E-state index in [-0.39, 0.29) is 12.2 Å². The molecule has 27 heavy (non-hydrogen) atoms. The second-order valence-electron chi connectivity index (χ2n) is 8.84. The van der Waals surface area contributed by atoms with Gasteiger partial charge in [-0.1, -0.05) is 24.6 Å². The summed E-state index contributed by atoms with van der Waals surface area (Å²) >= 11 is 0. The van der Waals surface area contributed by atoms with Crippen LogP contribution in [0.15, 0.2) is 36.0 Å². The second-order valence-corrected chi connectivity index (χ2v) is 8.84. The lowest BCUT2D eigenvalue weighted by atomic mass is 9.48. The lowest BCUT2D eigenvalue weighted by Gasteiger charge is -2.57. The van der Waals surface area contributed by atoms with Gasteiger partial charge in [0, 0.05) is 16.7 Å². The molecule has 2 fully saturated rings. The van der Waals surface area contributed by atoms with E-state index < -0.39 is 52.4 Å². The van der Waals surface area contributed by atoms with Crippen molar-refractivity contribution in [3.05, 3.63) is 36.0 Å². The molecule has 1 unspecified atom stereocenters. The summed E-state index contributed by atoms with van der Waals surface area (Å²) in [4.78, 5) is 24.1. The highest BCUT2D eigenvalue weighted by Gasteiger charge is 2.71. The molecule has 2 saturated carbocycles. The van der Waals surface area contributed by atoms with Gasteiger partial charge in [0.05, 0.1) is 6.10 Å². The van der Waals surface area contributed by atoms with Gasteiger partial charge in [-0.3, -0.25) is 9.59 Å². The quantitative estimate of drug-likeness (QED) is 0.634. The Hall–Kier alpha value is -1.63. The Balaban J connectivity index is 1.85. The average molecular weight is 376 g/mol. The topological polar surface area (TPSA) is 94.8 Å². The third kappa shape index (κ3) is 1.99. The van der Waals surface area contributed by atoms with Crippen LogP contribution in [0.25, 0.3) is 0 Å². The molecule has 0 amide bonds. The van der Waals surface area contributed by atoms with E-state index in [4.69, 9.17) is 0 Å². The van der Waals surface area contributed by atoms with E-state index in [2.05, 4.69) is 0 Å². The van der Waals surface area contributed by atoms with Gasteiger partial charge >= 0.3 is 0 Å². The van der Waals surface area contributed by atoms with Crippen LogP contribution in [0.2, 0.25) is 0 Å². The number of rotatable bonds is 2. The number of fused-ring (bicyclic) bond motifs is 5. The van der Waals surface area contributed by atoms with Gasteiger partial charge in [0.25, 0.3) is 0 Å². The van der Waals surface area contributed by atoms with Crippen molar-refractivity contribution in [1.29, 1.82) is 0 Å². The largest absolute Gasteiger partial charge is 0.390 e. The molecule has 0 radical (unpaired) electrons. The van der Waals surface area contributed by atoms with E-state index in [1.54, 1.807) is 19.9 Å². The third-order valence-electron chi connectivity index (χ3n) is 7.90. The van der Waals surface area contributed by atoms with Crippen LogP contribution >= 0.6 is 0 Å². The van der Waals surface area contributed by atoms with Crippen LogP contribution in [0, 0.1) is 22.7 Å². The molecule has 0 aromatic heterocycles. The SMILES string of the molecule is C[C@]12C=CC(=O)C=C1CC[C@H]1[C@@H]3CC(O)[C@](O)(C(=O)CO)[C@@]3(C)C=C[C@@]12F. The zero-order chi connectivity index (χ0) is 19.8. The van der Waals surface area contributed by atoms with Gasteiger partial charge in [-0.25, -0.2) is 4.39 Å². The van der Waals surface area contributed by atoms with E-state index in [1.165, 1.54) is 24.3 Å². The number of Topliss-reactive ketones (excluding diaryl/α,β-unsaturated/α-hetero) is 1. The molecule has 0 aliphatic heterocycles. The summed E-state index contributed by atoms with van der Waals surface area (Å²) in [6.07, 6.45) is 7.17. The minimum Gasteiger partial charge on any atom is -0.390 e. The molecule has 0 saturated heterocycles. The number of alkyl halides is 1. The molecule has 4 aliphatic carbocycles. The Bertz CT molecular complexity index is 815. The summed E-state index contributed by atoms with van der Waals surface area (Å²) in [6.45, 7) is 2.55. The van der Waals surface area contributed by atoms with Crippen LogP contribution in [-0.2, 0) is 9.59 Å². The van der Waals surface area contributed by atoms with E-state index in [0.717, 1.165) is 5.57 Å². The number of hydrogen-bond donors (Lipinski definition) is 3. The van der Waals surface area contributed by atoms with Crippen molar-refractivity contribution in [2.45, 2.75) is 50.5 Å². The Morgan fingerprint density at radius 2 is 1.96 bits per heavy atom. The summed E-state index contributed by atoms with van der Waals surface area (Å²) in [5.41, 5.74) is -5.32. The number of allylic oxidation sites excluding steroid dienone is 5. The number of aliphatic hydroxyl groups is 3. The van der Waals surface area contributed by atoms with E-state index >= 15 is 4.39 Å². The maximum Gasteiger partial charge on any atom is 0.193 e. The zero-order valence-electron chi connectivity index (χ0n) is 15.5. The smallest absolute Gasteiger partial charge is 0.193 e. The fourth-order valence-corrected chi connectivity index (χ4v) is 6.16. The normalized spacial score (nSPS) is 50.7. The standard InChI is InChI=1S/C21H25FO5/c1-18-6-5-13(24)9-12(18)3-4-14-15-10-16(25)21(27,17(26)11-23)19(15,2)7-8-20(14,18)22/h5-9,14-16,23,25,27H,3-4,10-11H2,1-2H3/t14-,15-,16?,18-,19-,20+,21-/m0/s1. The molecule has 3 N–H and O–H groups in total. The average Bonchev–Trinajstić information content (AvgIpc) is 2.84. The predicted octanol–water partition coefficient (Wildman–Crippen LogP) is 1.43. The van der Waals surface area contributed by atoms with Crippen molar-refractivity contribution >= 4 is 11.6 Å². The van der Waals surface area contributed by atoms with Crippen molar-refractivity contribution < 1.29 is 29.3 Å². The van der Waals surface area contributed by atoms with Crippen molar-refractivity contribution in [3.8, 4) is 0 Å². The third-order valence-corrected chi connectivity index (χ3v) is 7.90. The van der Waals surface area contributed by atoms with Gasteiger partial charge in [-0.05, 0) is 50.3 Å². The number of carbonyl (C=O) groups is 2. The van der Waals surface area contributed by atoms with Gasteiger partial charge in [-0.15, -0.1) is 0 Å². The van der Waals surface area contributed by atoms with Crippen LogP contribution in [0.1, 0.15) is 33.1 Å². The van der Waals surface area contributed by atoms with Crippen molar-refractivity contribution in [2.75, 3.05) is 6.61 Å². The fourth-order valence-electron chi connectivity index (χ4n) is 6.16. The minimum absolute atomic E-state index is 0.0805. The van der Waals surface area contributed by atoms with E-state index in [9.17, 15) is 24.9 Å². The van der Waals surface area contributed by atoms with Crippen LogP contribution in [0.5, 0.6) is 0 Å². The molecule has 146 valence electrons. The summed E-state index contributed by atoms with van der Waals surface area (Å²) < 4.78 is 16.5. The first-order valence-corrected chi connectivity index (χ1v) is 9.43. The van der Waals surface area contributed by atoms with Gasteiger partial charge in [0.15, 0.2) is 17.2 Å². The molecule has 4 rings (SSSR count).